The molecular weight excluding hydrogens is 494 g/mol. The molecule has 3 aromatic rings. The lowest BCUT2D eigenvalue weighted by Gasteiger charge is -2.32. The van der Waals surface area contributed by atoms with Gasteiger partial charge >= 0.3 is 0 Å². The third-order valence-electron chi connectivity index (χ3n) is 6.56. The molecule has 0 spiro atoms. The number of anilines is 1. The molecule has 1 aromatic carbocycles. The largest absolute Gasteiger partial charge is 0.369 e. The lowest BCUT2D eigenvalue weighted by molar-refractivity contribution is -0.123. The fourth-order valence-electron chi connectivity index (χ4n) is 4.48. The smallest absolute Gasteiger partial charge is 0.267 e. The Morgan fingerprint density at radius 3 is 2.58 bits per heavy atom. The number of pyridine rings is 1. The molecule has 8 nitrogen and oxygen atoms in total. The highest BCUT2D eigenvalue weighted by Gasteiger charge is 2.33. The third kappa shape index (κ3) is 4.66. The molecule has 2 aromatic heterocycles. The first-order valence-electron chi connectivity index (χ1n) is 11.7. The molecule has 10 heteroatoms. The molecule has 2 fully saturated rings. The number of nitrogens with two attached hydrogens (primary N) is 1. The second-order valence-corrected chi connectivity index (χ2v) is 10.7. The minimum Gasteiger partial charge on any atom is -0.369 e. The van der Waals surface area contributed by atoms with Crippen LogP contribution in [-0.2, 0) is 16.1 Å². The molecule has 0 unspecified atom stereocenters. The maximum Gasteiger partial charge on any atom is 0.267 e. The van der Waals surface area contributed by atoms with Crippen molar-refractivity contribution in [3.8, 4) is 0 Å². The molecule has 0 radical (unpaired) electrons. The summed E-state index contributed by atoms with van der Waals surface area (Å²) < 4.78 is 1.92. The van der Waals surface area contributed by atoms with E-state index in [1.165, 1.54) is 16.2 Å². The van der Waals surface area contributed by atoms with Gasteiger partial charge in [0.15, 0.2) is 0 Å². The van der Waals surface area contributed by atoms with Gasteiger partial charge in [-0.3, -0.25) is 23.7 Å². The monoisotopic (exact) mass is 519 g/mol. The van der Waals surface area contributed by atoms with Crippen LogP contribution in [0.5, 0.6) is 0 Å². The Hall–Kier alpha value is -3.50. The van der Waals surface area contributed by atoms with Crippen molar-refractivity contribution >= 4 is 57.7 Å². The molecule has 2 saturated heterocycles. The zero-order chi connectivity index (χ0) is 25.4. The highest BCUT2D eigenvalue weighted by atomic mass is 32.2. The number of carbonyl (C=O) groups is 2. The van der Waals surface area contributed by atoms with E-state index in [0.717, 1.165) is 11.1 Å². The summed E-state index contributed by atoms with van der Waals surface area (Å²) in [7, 11) is 0. The Balaban J connectivity index is 1.51. The van der Waals surface area contributed by atoms with E-state index >= 15 is 0 Å². The van der Waals surface area contributed by atoms with Crippen LogP contribution in [0.15, 0.2) is 58.4 Å². The van der Waals surface area contributed by atoms with E-state index in [2.05, 4.69) is 0 Å². The van der Waals surface area contributed by atoms with Gasteiger partial charge in [-0.15, -0.1) is 0 Å². The number of carbonyl (C=O) groups excluding carboxylic acids is 2. The number of primary amides is 1. The van der Waals surface area contributed by atoms with Crippen LogP contribution in [0.3, 0.4) is 0 Å². The van der Waals surface area contributed by atoms with Gasteiger partial charge in [0.2, 0.25) is 5.91 Å². The number of piperidine rings is 1. The fourth-order valence-corrected chi connectivity index (χ4v) is 5.71. The topological polar surface area (TPSA) is 101 Å². The molecule has 2 amide bonds. The van der Waals surface area contributed by atoms with Crippen LogP contribution in [0.4, 0.5) is 5.82 Å². The first-order valence-corrected chi connectivity index (χ1v) is 12.9. The predicted octanol–water partition coefficient (Wildman–Crippen LogP) is 3.11. The number of rotatable bonds is 5. The quantitative estimate of drug-likeness (QED) is 0.408. The van der Waals surface area contributed by atoms with Crippen LogP contribution < -0.4 is 16.2 Å². The second kappa shape index (κ2) is 9.87. The summed E-state index contributed by atoms with van der Waals surface area (Å²) >= 11 is 6.70. The van der Waals surface area contributed by atoms with Crippen molar-refractivity contribution in [1.29, 1.82) is 0 Å². The Bertz CT molecular complexity index is 1460. The molecule has 4 heterocycles. The molecule has 2 aliphatic rings. The molecule has 36 heavy (non-hydrogen) atoms. The van der Waals surface area contributed by atoms with Crippen LogP contribution in [-0.4, -0.2) is 43.5 Å². The number of fused-ring (bicyclic) bond motifs is 1. The highest BCUT2D eigenvalue weighted by molar-refractivity contribution is 8.26. The van der Waals surface area contributed by atoms with Crippen molar-refractivity contribution in [3.63, 3.8) is 0 Å². The van der Waals surface area contributed by atoms with Crippen LogP contribution in [0.1, 0.15) is 29.5 Å². The normalized spacial score (nSPS) is 18.0. The third-order valence-corrected chi connectivity index (χ3v) is 7.93. The standard InChI is InChI=1S/C26H25N5O3S2/c1-16-5-7-17(8-6-16)15-31-25(34)20(36-26(31)35)14-19-23(29-12-9-18(10-13-29)22(27)32)28-21-4-2-3-11-30(21)24(19)33/h2-8,11,14,18H,9-10,12-13,15H2,1H3,(H2,27,32)/b20-14+. The van der Waals surface area contributed by atoms with Crippen molar-refractivity contribution in [1.82, 2.24) is 14.3 Å². The van der Waals surface area contributed by atoms with Gasteiger partial charge < -0.3 is 10.6 Å². The van der Waals surface area contributed by atoms with Crippen molar-refractivity contribution in [2.24, 2.45) is 11.7 Å². The number of hydrogen-bond donors (Lipinski definition) is 1. The molecular formula is C26H25N5O3S2. The molecule has 0 saturated carbocycles. The number of hydrogen-bond acceptors (Lipinski definition) is 7. The van der Waals surface area contributed by atoms with E-state index < -0.39 is 0 Å². The van der Waals surface area contributed by atoms with E-state index in [0.29, 0.717) is 58.7 Å². The van der Waals surface area contributed by atoms with Crippen LogP contribution >= 0.6 is 24.0 Å². The summed E-state index contributed by atoms with van der Waals surface area (Å²) in [6.45, 7) is 3.46. The zero-order valence-electron chi connectivity index (χ0n) is 19.7. The maximum atomic E-state index is 13.6. The number of aromatic nitrogens is 2. The average Bonchev–Trinajstić information content (AvgIpc) is 3.14. The first-order chi connectivity index (χ1) is 17.3. The molecule has 0 bridgehead atoms. The Morgan fingerprint density at radius 1 is 1.17 bits per heavy atom. The number of thiocarbonyl (C=S) groups is 1. The summed E-state index contributed by atoms with van der Waals surface area (Å²) in [5, 5.41) is 0. The Morgan fingerprint density at radius 2 is 1.89 bits per heavy atom. The highest BCUT2D eigenvalue weighted by Crippen LogP contribution is 2.35. The fraction of sp³-hybridized carbons (Fsp3) is 0.269. The van der Waals surface area contributed by atoms with Gasteiger partial charge in [0.05, 0.1) is 17.0 Å². The van der Waals surface area contributed by atoms with Crippen LogP contribution in [0.25, 0.3) is 11.7 Å². The summed E-state index contributed by atoms with van der Waals surface area (Å²) in [6.07, 6.45) is 4.44. The minimum absolute atomic E-state index is 0.190. The van der Waals surface area contributed by atoms with Crippen molar-refractivity contribution < 1.29 is 9.59 Å². The second-order valence-electron chi connectivity index (χ2n) is 9.00. The molecule has 0 atom stereocenters. The SMILES string of the molecule is Cc1ccc(CN2C(=O)/C(=C\c3c(N4CCC(C(N)=O)CC4)nc4ccccn4c3=O)SC2=S)cc1. The van der Waals surface area contributed by atoms with Gasteiger partial charge in [-0.25, -0.2) is 4.98 Å². The lowest BCUT2D eigenvalue weighted by atomic mass is 9.96. The molecule has 2 N–H and O–H groups in total. The van der Waals surface area contributed by atoms with Crippen LogP contribution in [0, 0.1) is 12.8 Å². The number of nitrogens with zero attached hydrogens (tertiary/aromatic N) is 4. The van der Waals surface area contributed by atoms with E-state index in [9.17, 15) is 14.4 Å². The molecule has 184 valence electrons. The number of amides is 2. The molecule has 5 rings (SSSR count). The van der Waals surface area contributed by atoms with Crippen molar-refractivity contribution in [2.45, 2.75) is 26.3 Å². The van der Waals surface area contributed by atoms with Gasteiger partial charge in [0.25, 0.3) is 11.5 Å². The van der Waals surface area contributed by atoms with E-state index in [1.54, 1.807) is 29.3 Å². The molecule has 0 aliphatic carbocycles. The lowest BCUT2D eigenvalue weighted by Crippen LogP contribution is -2.40. The Labute approximate surface area is 217 Å². The average molecular weight is 520 g/mol. The first kappa shape index (κ1) is 24.2. The maximum absolute atomic E-state index is 13.6. The Kier molecular flexibility index (Phi) is 6.63. The summed E-state index contributed by atoms with van der Waals surface area (Å²) in [4.78, 5) is 47.2. The van der Waals surface area contributed by atoms with Gasteiger partial charge in [-0.2, -0.15) is 0 Å². The minimum atomic E-state index is -0.307. The summed E-state index contributed by atoms with van der Waals surface area (Å²) in [5.74, 6) is -0.234. The number of benzene rings is 1. The number of thioether (sulfide) groups is 1. The van der Waals surface area contributed by atoms with Crippen molar-refractivity contribution in [2.75, 3.05) is 18.0 Å². The number of aryl methyl sites for hydroxylation is 1. The molecule has 2 aliphatic heterocycles. The van der Waals surface area contributed by atoms with Crippen LogP contribution in [0.2, 0.25) is 0 Å². The van der Waals surface area contributed by atoms with Gasteiger partial charge in [0, 0.05) is 25.2 Å². The predicted molar refractivity (Wildman–Crippen MR) is 145 cm³/mol. The van der Waals surface area contributed by atoms with Gasteiger partial charge in [-0.1, -0.05) is 59.9 Å². The van der Waals surface area contributed by atoms with E-state index in [-0.39, 0.29) is 23.3 Å². The van der Waals surface area contributed by atoms with Gasteiger partial charge in [-0.05, 0) is 43.5 Å². The van der Waals surface area contributed by atoms with E-state index in [1.807, 2.05) is 42.2 Å². The van der Waals surface area contributed by atoms with Crippen molar-refractivity contribution in [3.05, 3.63) is 80.6 Å². The van der Waals surface area contributed by atoms with E-state index in [4.69, 9.17) is 22.9 Å². The summed E-state index contributed by atoms with van der Waals surface area (Å²) in [5.41, 5.74) is 8.19. The summed E-state index contributed by atoms with van der Waals surface area (Å²) in [6, 6.07) is 13.3. The zero-order valence-corrected chi connectivity index (χ0v) is 21.3. The van der Waals surface area contributed by atoms with Gasteiger partial charge in [0.1, 0.15) is 15.8 Å².